The number of anilines is 1. The van der Waals surface area contributed by atoms with Gasteiger partial charge in [0.25, 0.3) is 5.91 Å². The van der Waals surface area contributed by atoms with Gasteiger partial charge in [0.2, 0.25) is 0 Å². The Morgan fingerprint density at radius 1 is 1.04 bits per heavy atom. The van der Waals surface area contributed by atoms with Crippen LogP contribution in [0.1, 0.15) is 21.6 Å². The number of carbonyl (C=O) groups is 1. The van der Waals surface area contributed by atoms with Gasteiger partial charge in [0.15, 0.2) is 0 Å². The van der Waals surface area contributed by atoms with Crippen LogP contribution in [0, 0.1) is 5.82 Å². The Balaban J connectivity index is 1.61. The van der Waals surface area contributed by atoms with E-state index in [-0.39, 0.29) is 11.7 Å². The first kappa shape index (κ1) is 16.6. The van der Waals surface area contributed by atoms with Crippen LogP contribution in [0.4, 0.5) is 10.1 Å². The maximum absolute atomic E-state index is 13.6. The smallest absolute Gasteiger partial charge is 0.270 e. The lowest BCUT2D eigenvalue weighted by atomic mass is 10.2. The summed E-state index contributed by atoms with van der Waals surface area (Å²) in [5.41, 5.74) is 2.46. The zero-order valence-corrected chi connectivity index (χ0v) is 13.4. The van der Waals surface area contributed by atoms with E-state index in [9.17, 15) is 9.18 Å². The van der Waals surface area contributed by atoms with Crippen LogP contribution in [-0.4, -0.2) is 15.9 Å². The second-order valence-corrected chi connectivity index (χ2v) is 5.42. The normalized spacial score (nSPS) is 10.3. The molecule has 0 bridgehead atoms. The van der Waals surface area contributed by atoms with Gasteiger partial charge in [-0.1, -0.05) is 24.3 Å². The van der Waals surface area contributed by atoms with E-state index in [4.69, 9.17) is 0 Å². The quantitative estimate of drug-likeness (QED) is 0.726. The topological polar surface area (TPSA) is 66.9 Å². The number of aromatic nitrogens is 2. The minimum atomic E-state index is -0.279. The van der Waals surface area contributed by atoms with Crippen molar-refractivity contribution >= 4 is 11.6 Å². The molecule has 1 aromatic carbocycles. The zero-order chi connectivity index (χ0) is 17.5. The Kier molecular flexibility index (Phi) is 5.31. The van der Waals surface area contributed by atoms with Gasteiger partial charge >= 0.3 is 0 Å². The fourth-order valence-electron chi connectivity index (χ4n) is 2.28. The molecular weight excluding hydrogens is 319 g/mol. The fraction of sp³-hybridized carbons (Fsp3) is 0.105. The van der Waals surface area contributed by atoms with Crippen molar-refractivity contribution in [2.24, 2.45) is 0 Å². The lowest BCUT2D eigenvalue weighted by Crippen LogP contribution is -2.23. The van der Waals surface area contributed by atoms with Gasteiger partial charge in [-0.2, -0.15) is 0 Å². The van der Waals surface area contributed by atoms with Crippen molar-refractivity contribution in [1.82, 2.24) is 15.3 Å². The van der Waals surface area contributed by atoms with Gasteiger partial charge in [-0.25, -0.2) is 4.39 Å². The molecule has 126 valence electrons. The third-order valence-electron chi connectivity index (χ3n) is 3.61. The summed E-state index contributed by atoms with van der Waals surface area (Å²) < 4.78 is 13.6. The number of rotatable bonds is 6. The number of benzene rings is 1. The number of hydrogen-bond acceptors (Lipinski definition) is 4. The number of carbonyl (C=O) groups excluding carboxylic acids is 1. The third kappa shape index (κ3) is 4.60. The average molecular weight is 336 g/mol. The summed E-state index contributed by atoms with van der Waals surface area (Å²) in [5, 5.41) is 5.90. The van der Waals surface area contributed by atoms with Crippen molar-refractivity contribution in [3.05, 3.63) is 89.8 Å². The molecule has 0 saturated heterocycles. The predicted molar refractivity (Wildman–Crippen MR) is 93.4 cm³/mol. The summed E-state index contributed by atoms with van der Waals surface area (Å²) >= 11 is 0. The number of pyridine rings is 2. The molecule has 0 fully saturated rings. The van der Waals surface area contributed by atoms with Gasteiger partial charge in [-0.3, -0.25) is 14.8 Å². The highest BCUT2D eigenvalue weighted by Crippen LogP contribution is 2.12. The first-order valence-electron chi connectivity index (χ1n) is 7.83. The van der Waals surface area contributed by atoms with E-state index in [1.54, 1.807) is 48.9 Å². The Hall–Kier alpha value is -3.28. The van der Waals surface area contributed by atoms with E-state index in [1.807, 2.05) is 12.1 Å². The van der Waals surface area contributed by atoms with Crippen molar-refractivity contribution in [1.29, 1.82) is 0 Å². The molecule has 2 aromatic heterocycles. The largest absolute Gasteiger partial charge is 0.381 e. The van der Waals surface area contributed by atoms with Crippen molar-refractivity contribution < 1.29 is 9.18 Å². The Morgan fingerprint density at radius 3 is 2.72 bits per heavy atom. The van der Waals surface area contributed by atoms with Crippen LogP contribution in [-0.2, 0) is 13.1 Å². The molecule has 0 aliphatic rings. The predicted octanol–water partition coefficient (Wildman–Crippen LogP) is 3.16. The first-order chi connectivity index (χ1) is 12.2. The van der Waals surface area contributed by atoms with Crippen molar-refractivity contribution in [2.45, 2.75) is 13.1 Å². The van der Waals surface area contributed by atoms with Gasteiger partial charge in [0, 0.05) is 42.9 Å². The molecule has 5 nitrogen and oxygen atoms in total. The summed E-state index contributed by atoms with van der Waals surface area (Å²) in [6, 6.07) is 13.6. The summed E-state index contributed by atoms with van der Waals surface area (Å²) in [6.45, 7) is 0.703. The lowest BCUT2D eigenvalue weighted by molar-refractivity contribution is 0.0946. The number of amides is 1. The van der Waals surface area contributed by atoms with Crippen LogP contribution in [0.25, 0.3) is 0 Å². The van der Waals surface area contributed by atoms with Crippen LogP contribution in [0.2, 0.25) is 0 Å². The first-order valence-corrected chi connectivity index (χ1v) is 7.83. The van der Waals surface area contributed by atoms with Crippen LogP contribution in [0.5, 0.6) is 0 Å². The Bertz CT molecular complexity index is 855. The van der Waals surface area contributed by atoms with E-state index < -0.39 is 0 Å². The molecule has 0 aliphatic carbocycles. The van der Waals surface area contributed by atoms with Crippen molar-refractivity contribution in [3.63, 3.8) is 0 Å². The maximum atomic E-state index is 13.6. The van der Waals surface area contributed by atoms with Crippen molar-refractivity contribution in [3.8, 4) is 0 Å². The fourth-order valence-corrected chi connectivity index (χ4v) is 2.28. The zero-order valence-electron chi connectivity index (χ0n) is 13.4. The third-order valence-corrected chi connectivity index (χ3v) is 3.61. The highest BCUT2D eigenvalue weighted by atomic mass is 19.1. The van der Waals surface area contributed by atoms with E-state index >= 15 is 0 Å². The van der Waals surface area contributed by atoms with E-state index in [0.29, 0.717) is 30.0 Å². The maximum Gasteiger partial charge on any atom is 0.270 e. The summed E-state index contributed by atoms with van der Waals surface area (Å²) in [4.78, 5) is 20.3. The molecule has 25 heavy (non-hydrogen) atoms. The minimum Gasteiger partial charge on any atom is -0.381 e. The molecule has 3 rings (SSSR count). The molecule has 0 saturated carbocycles. The summed E-state index contributed by atoms with van der Waals surface area (Å²) in [6.07, 6.45) is 4.92. The molecule has 2 N–H and O–H groups in total. The molecule has 0 radical (unpaired) electrons. The Labute approximate surface area is 145 Å². The monoisotopic (exact) mass is 336 g/mol. The van der Waals surface area contributed by atoms with E-state index in [1.165, 1.54) is 6.07 Å². The number of nitrogens with zero attached hydrogens (tertiary/aromatic N) is 2. The second-order valence-electron chi connectivity index (χ2n) is 5.42. The molecule has 6 heteroatoms. The summed E-state index contributed by atoms with van der Waals surface area (Å²) in [5.74, 6) is -0.545. The standard InChI is InChI=1S/C19H17FN4O/c20-17-6-2-1-5-15(17)13-23-16-7-9-22-18(10-16)19(25)24-12-14-4-3-8-21-11-14/h1-11H,12-13H2,(H,22,23)(H,24,25). The molecular formula is C19H17FN4O. The van der Waals surface area contributed by atoms with Crippen LogP contribution in [0.3, 0.4) is 0 Å². The molecule has 0 unspecified atom stereocenters. The van der Waals surface area contributed by atoms with Gasteiger partial charge < -0.3 is 10.6 Å². The van der Waals surface area contributed by atoms with E-state index in [2.05, 4.69) is 20.6 Å². The lowest BCUT2D eigenvalue weighted by Gasteiger charge is -2.09. The molecule has 3 aromatic rings. The number of halogens is 1. The molecule has 2 heterocycles. The second kappa shape index (κ2) is 8.01. The molecule has 1 amide bonds. The SMILES string of the molecule is O=C(NCc1cccnc1)c1cc(NCc2ccccc2F)ccn1. The Morgan fingerprint density at radius 2 is 1.92 bits per heavy atom. The number of nitrogens with one attached hydrogen (secondary N) is 2. The van der Waals surface area contributed by atoms with Gasteiger partial charge in [0.05, 0.1) is 0 Å². The van der Waals surface area contributed by atoms with Crippen LogP contribution < -0.4 is 10.6 Å². The van der Waals surface area contributed by atoms with Gasteiger partial charge in [-0.15, -0.1) is 0 Å². The van der Waals surface area contributed by atoms with Crippen LogP contribution >= 0.6 is 0 Å². The van der Waals surface area contributed by atoms with E-state index in [0.717, 1.165) is 5.56 Å². The minimum absolute atomic E-state index is 0.265. The highest BCUT2D eigenvalue weighted by molar-refractivity contribution is 5.93. The summed E-state index contributed by atoms with van der Waals surface area (Å²) in [7, 11) is 0. The van der Waals surface area contributed by atoms with Gasteiger partial charge in [-0.05, 0) is 29.8 Å². The van der Waals surface area contributed by atoms with Crippen molar-refractivity contribution in [2.75, 3.05) is 5.32 Å². The molecule has 0 spiro atoms. The highest BCUT2D eigenvalue weighted by Gasteiger charge is 2.08. The number of hydrogen-bond donors (Lipinski definition) is 2. The average Bonchev–Trinajstić information content (AvgIpc) is 2.66. The van der Waals surface area contributed by atoms with Gasteiger partial charge in [0.1, 0.15) is 11.5 Å². The van der Waals surface area contributed by atoms with Crippen LogP contribution in [0.15, 0.2) is 67.1 Å². The molecule has 0 atom stereocenters. The molecule has 0 aliphatic heterocycles.